The van der Waals surface area contributed by atoms with Crippen LogP contribution in [0.1, 0.15) is 104 Å². The Kier molecular flexibility index (Phi) is 4.79. The Morgan fingerprint density at radius 1 is 1.03 bits per heavy atom. The fraction of sp³-hybridized carbons (Fsp3) is 0.833. The molecule has 5 aliphatic rings. The monoisotopic (exact) mass is 467 g/mol. The number of fused-ring (bicyclic) bond motifs is 8. The van der Waals surface area contributed by atoms with Crippen molar-refractivity contribution < 1.29 is 14.7 Å². The Hall–Kier alpha value is -1.13. The summed E-state index contributed by atoms with van der Waals surface area (Å²) in [4.78, 5) is 0. The SMILES string of the molecule is C[C@@H]1c2oncc2C[C@]2(C)C3=C[C@@H](O)C4C5CC(C)(C)CC[C@]5(CO)CC[C@@]4(C)[C@]3(C)CC[C@@H]12. The van der Waals surface area contributed by atoms with E-state index in [1.165, 1.54) is 30.4 Å². The molecule has 0 spiro atoms. The highest BCUT2D eigenvalue weighted by atomic mass is 16.5. The topological polar surface area (TPSA) is 66.5 Å². The first-order valence-electron chi connectivity index (χ1n) is 13.9. The maximum Gasteiger partial charge on any atom is 0.143 e. The summed E-state index contributed by atoms with van der Waals surface area (Å²) in [5, 5.41) is 26.8. The molecule has 0 radical (unpaired) electrons. The summed E-state index contributed by atoms with van der Waals surface area (Å²) < 4.78 is 5.71. The maximum absolute atomic E-state index is 12.0. The Balaban J connectivity index is 1.48. The number of hydrogen-bond acceptors (Lipinski definition) is 4. The molecule has 6 rings (SSSR count). The fourth-order valence-corrected chi connectivity index (χ4v) is 10.5. The highest BCUT2D eigenvalue weighted by molar-refractivity contribution is 5.41. The van der Waals surface area contributed by atoms with Gasteiger partial charge in [-0.15, -0.1) is 0 Å². The van der Waals surface area contributed by atoms with Gasteiger partial charge >= 0.3 is 0 Å². The predicted molar refractivity (Wildman–Crippen MR) is 133 cm³/mol. The lowest BCUT2D eigenvalue weighted by Crippen LogP contribution is -2.65. The van der Waals surface area contributed by atoms with E-state index in [0.29, 0.717) is 17.8 Å². The smallest absolute Gasteiger partial charge is 0.143 e. The molecule has 1 aromatic rings. The van der Waals surface area contributed by atoms with E-state index in [2.05, 4.69) is 52.8 Å². The van der Waals surface area contributed by atoms with Gasteiger partial charge in [-0.05, 0) is 96.2 Å². The van der Waals surface area contributed by atoms with Gasteiger partial charge in [0.1, 0.15) is 5.76 Å². The zero-order valence-corrected chi connectivity index (χ0v) is 22.2. The number of allylic oxidation sites excluding steroid dienone is 1. The largest absolute Gasteiger partial charge is 0.396 e. The molecule has 0 amide bonds. The van der Waals surface area contributed by atoms with E-state index in [-0.39, 0.29) is 39.6 Å². The quantitative estimate of drug-likeness (QED) is 0.477. The van der Waals surface area contributed by atoms with E-state index in [9.17, 15) is 10.2 Å². The van der Waals surface area contributed by atoms with Crippen molar-refractivity contribution >= 4 is 0 Å². The number of aliphatic hydroxyl groups excluding tert-OH is 2. The summed E-state index contributed by atoms with van der Waals surface area (Å²) in [5.74, 6) is 2.56. The molecule has 9 atom stereocenters. The molecule has 2 unspecified atom stereocenters. The molecule has 188 valence electrons. The minimum Gasteiger partial charge on any atom is -0.396 e. The van der Waals surface area contributed by atoms with Gasteiger partial charge in [0, 0.05) is 18.1 Å². The minimum absolute atomic E-state index is 0.0137. The summed E-state index contributed by atoms with van der Waals surface area (Å²) in [6, 6.07) is 0. The van der Waals surface area contributed by atoms with Crippen LogP contribution < -0.4 is 0 Å². The zero-order chi connectivity index (χ0) is 24.3. The molecule has 5 aliphatic carbocycles. The van der Waals surface area contributed by atoms with Crippen molar-refractivity contribution in [2.24, 2.45) is 44.8 Å². The standard InChI is InChI=1S/C30H45NO3/c1-18-20-7-8-28(5)23(27(20,4)14-19-16-31-34-25(18)19)13-22(33)24-21-15-26(2,3)9-11-30(21,17-32)12-10-29(24,28)6/h13,16,18,20-22,24,32-33H,7-12,14-15,17H2,1-6H3/t18-,20-,21?,22+,24?,27-,28+,29+,30+/m0/s1. The highest BCUT2D eigenvalue weighted by Crippen LogP contribution is 2.74. The summed E-state index contributed by atoms with van der Waals surface area (Å²) in [7, 11) is 0. The van der Waals surface area contributed by atoms with Gasteiger partial charge in [0.2, 0.25) is 0 Å². The predicted octanol–water partition coefficient (Wildman–Crippen LogP) is 6.28. The average Bonchev–Trinajstić information content (AvgIpc) is 3.23. The van der Waals surface area contributed by atoms with Crippen LogP contribution in [0.25, 0.3) is 0 Å². The van der Waals surface area contributed by atoms with Crippen molar-refractivity contribution in [3.05, 3.63) is 29.2 Å². The second kappa shape index (κ2) is 7.00. The van der Waals surface area contributed by atoms with Gasteiger partial charge in [0.05, 0.1) is 12.3 Å². The lowest BCUT2D eigenvalue weighted by Gasteiger charge is -2.70. The summed E-state index contributed by atoms with van der Waals surface area (Å²) in [5.41, 5.74) is 3.17. The van der Waals surface area contributed by atoms with Crippen molar-refractivity contribution in [3.63, 3.8) is 0 Å². The molecule has 3 saturated carbocycles. The van der Waals surface area contributed by atoms with Crippen LogP contribution in [-0.4, -0.2) is 28.1 Å². The third-order valence-electron chi connectivity index (χ3n) is 12.7. The average molecular weight is 468 g/mol. The summed E-state index contributed by atoms with van der Waals surface area (Å²) in [6.45, 7) is 14.9. The molecule has 0 aliphatic heterocycles. The van der Waals surface area contributed by atoms with Gasteiger partial charge in [0.25, 0.3) is 0 Å². The minimum atomic E-state index is -0.437. The Labute approximate surface area is 205 Å². The van der Waals surface area contributed by atoms with Crippen LogP contribution in [0, 0.1) is 44.8 Å². The van der Waals surface area contributed by atoms with Gasteiger partial charge in [-0.1, -0.05) is 58.3 Å². The Morgan fingerprint density at radius 3 is 2.50 bits per heavy atom. The first-order valence-corrected chi connectivity index (χ1v) is 13.9. The first kappa shape index (κ1) is 23.3. The third-order valence-corrected chi connectivity index (χ3v) is 12.7. The normalized spacial score (nSPS) is 51.3. The molecule has 3 fully saturated rings. The van der Waals surface area contributed by atoms with E-state index in [0.717, 1.165) is 37.9 Å². The number of aliphatic hydroxyl groups is 2. The van der Waals surface area contributed by atoms with Crippen LogP contribution in [0.4, 0.5) is 0 Å². The van der Waals surface area contributed by atoms with Crippen LogP contribution in [0.5, 0.6) is 0 Å². The van der Waals surface area contributed by atoms with E-state index in [1.807, 2.05) is 6.20 Å². The molecule has 0 aromatic carbocycles. The molecule has 1 heterocycles. The first-order chi connectivity index (χ1) is 15.9. The van der Waals surface area contributed by atoms with E-state index in [4.69, 9.17) is 4.52 Å². The molecule has 4 nitrogen and oxygen atoms in total. The number of hydrogen-bond donors (Lipinski definition) is 2. The molecule has 0 bridgehead atoms. The van der Waals surface area contributed by atoms with Crippen LogP contribution in [0.15, 0.2) is 22.4 Å². The second-order valence-electron chi connectivity index (χ2n) is 14.6. The Morgan fingerprint density at radius 2 is 1.76 bits per heavy atom. The fourth-order valence-electron chi connectivity index (χ4n) is 10.5. The van der Waals surface area contributed by atoms with Gasteiger partial charge < -0.3 is 14.7 Å². The number of aromatic nitrogens is 1. The van der Waals surface area contributed by atoms with Crippen LogP contribution in [-0.2, 0) is 6.42 Å². The number of rotatable bonds is 1. The number of nitrogens with zero attached hydrogens (tertiary/aromatic N) is 1. The third kappa shape index (κ3) is 2.71. The lowest BCUT2D eigenvalue weighted by atomic mass is 9.34. The second-order valence-corrected chi connectivity index (χ2v) is 14.6. The highest BCUT2D eigenvalue weighted by Gasteiger charge is 2.68. The van der Waals surface area contributed by atoms with Gasteiger partial charge in [-0.3, -0.25) is 0 Å². The summed E-state index contributed by atoms with van der Waals surface area (Å²) in [6.07, 6.45) is 12.8. The van der Waals surface area contributed by atoms with Crippen molar-refractivity contribution in [1.82, 2.24) is 5.16 Å². The van der Waals surface area contributed by atoms with Crippen LogP contribution in [0.3, 0.4) is 0 Å². The Bertz CT molecular complexity index is 1030. The molecular formula is C30H45NO3. The lowest BCUT2D eigenvalue weighted by molar-refractivity contribution is -0.194. The van der Waals surface area contributed by atoms with Crippen LogP contribution >= 0.6 is 0 Å². The molecular weight excluding hydrogens is 422 g/mol. The van der Waals surface area contributed by atoms with Gasteiger partial charge in [-0.25, -0.2) is 0 Å². The van der Waals surface area contributed by atoms with Crippen molar-refractivity contribution in [3.8, 4) is 0 Å². The van der Waals surface area contributed by atoms with Gasteiger partial charge in [0.15, 0.2) is 0 Å². The molecule has 4 heteroatoms. The van der Waals surface area contributed by atoms with Crippen LogP contribution in [0.2, 0.25) is 0 Å². The maximum atomic E-state index is 12.0. The molecule has 1 aromatic heterocycles. The summed E-state index contributed by atoms with van der Waals surface area (Å²) >= 11 is 0. The van der Waals surface area contributed by atoms with E-state index in [1.54, 1.807) is 0 Å². The zero-order valence-electron chi connectivity index (χ0n) is 22.2. The molecule has 0 saturated heterocycles. The van der Waals surface area contributed by atoms with E-state index < -0.39 is 6.10 Å². The van der Waals surface area contributed by atoms with E-state index >= 15 is 0 Å². The van der Waals surface area contributed by atoms with Crippen molar-refractivity contribution in [2.45, 2.75) is 105 Å². The molecule has 34 heavy (non-hydrogen) atoms. The van der Waals surface area contributed by atoms with Crippen molar-refractivity contribution in [2.75, 3.05) is 6.61 Å². The molecule has 2 N–H and O–H groups in total. The van der Waals surface area contributed by atoms with Gasteiger partial charge in [-0.2, -0.15) is 0 Å². The van der Waals surface area contributed by atoms with Crippen molar-refractivity contribution in [1.29, 1.82) is 0 Å².